The van der Waals surface area contributed by atoms with Crippen molar-refractivity contribution in [3.63, 3.8) is 0 Å². The first kappa shape index (κ1) is 9.18. The molecule has 0 saturated carbocycles. The number of hydrogen-bond donors (Lipinski definition) is 4. The minimum Gasteiger partial charge on any atom is -0.508 e. The number of rotatable bonds is 2. The molecule has 4 nitrogen and oxygen atoms in total. The third-order valence-electron chi connectivity index (χ3n) is 1.32. The number of phenolic OH excluding ortho intramolecular Hbond substituents is 1. The van der Waals surface area contributed by atoms with E-state index in [9.17, 15) is 4.21 Å². The summed E-state index contributed by atoms with van der Waals surface area (Å²) in [6, 6.07) is 5.75. The summed E-state index contributed by atoms with van der Waals surface area (Å²) in [4.78, 5) is 0. The van der Waals surface area contributed by atoms with Crippen LogP contribution < -0.4 is 0 Å². The average Bonchev–Trinajstić information content (AvgIpc) is 1.91. The Morgan fingerprint density at radius 3 is 2.08 bits per heavy atom. The van der Waals surface area contributed by atoms with E-state index in [1.807, 2.05) is 0 Å². The second kappa shape index (κ2) is 3.22. The molecule has 1 rings (SSSR count). The highest BCUT2D eigenvalue weighted by Gasteiger charge is 2.04. The molecule has 1 aromatic carbocycles. The highest BCUT2D eigenvalue weighted by atomic mass is 32.3. The van der Waals surface area contributed by atoms with Crippen LogP contribution >= 0.6 is 0 Å². The molecule has 5 heteroatoms. The van der Waals surface area contributed by atoms with E-state index in [1.54, 1.807) is 0 Å². The van der Waals surface area contributed by atoms with E-state index in [1.165, 1.54) is 24.3 Å². The SMILES string of the molecule is O=[SH](O)(O)Cc1ccc(O)cc1. The zero-order valence-electron chi connectivity index (χ0n) is 6.21. The Labute approximate surface area is 70.9 Å². The van der Waals surface area contributed by atoms with Gasteiger partial charge in [-0.2, -0.15) is 0 Å². The van der Waals surface area contributed by atoms with E-state index >= 15 is 0 Å². The second-order valence-electron chi connectivity index (χ2n) is 2.49. The van der Waals surface area contributed by atoms with Crippen molar-refractivity contribution in [1.29, 1.82) is 0 Å². The van der Waals surface area contributed by atoms with Crippen molar-refractivity contribution in [1.82, 2.24) is 0 Å². The van der Waals surface area contributed by atoms with Crippen LogP contribution in [0.15, 0.2) is 24.3 Å². The molecule has 0 fully saturated rings. The molecule has 68 valence electrons. The fourth-order valence-electron chi connectivity index (χ4n) is 0.839. The summed E-state index contributed by atoms with van der Waals surface area (Å²) in [6.45, 7) is 0. The Kier molecular flexibility index (Phi) is 2.46. The van der Waals surface area contributed by atoms with Gasteiger partial charge in [0.15, 0.2) is 0 Å². The van der Waals surface area contributed by atoms with Gasteiger partial charge in [0.05, 0.1) is 16.2 Å². The maximum absolute atomic E-state index is 10.5. The highest BCUT2D eigenvalue weighted by Crippen LogP contribution is 2.12. The molecular formula is C7H10O4S. The van der Waals surface area contributed by atoms with Crippen LogP contribution in [0.5, 0.6) is 5.75 Å². The van der Waals surface area contributed by atoms with Crippen molar-refractivity contribution < 1.29 is 18.4 Å². The lowest BCUT2D eigenvalue weighted by Crippen LogP contribution is -2.10. The third kappa shape index (κ3) is 3.00. The first-order valence-electron chi connectivity index (χ1n) is 3.30. The molecule has 0 aliphatic heterocycles. The van der Waals surface area contributed by atoms with Crippen molar-refractivity contribution in [3.8, 4) is 5.75 Å². The lowest BCUT2D eigenvalue weighted by Gasteiger charge is -2.09. The number of thiol groups is 1. The normalized spacial score (nSPS) is 12.8. The number of hydrogen-bond acceptors (Lipinski definition) is 2. The van der Waals surface area contributed by atoms with Gasteiger partial charge in [0.25, 0.3) is 0 Å². The zero-order chi connectivity index (χ0) is 9.19. The number of phenols is 1. The first-order chi connectivity index (χ1) is 5.47. The van der Waals surface area contributed by atoms with E-state index in [4.69, 9.17) is 14.2 Å². The minimum atomic E-state index is -3.98. The van der Waals surface area contributed by atoms with Crippen LogP contribution in [-0.2, 0) is 16.2 Å². The molecule has 0 atom stereocenters. The largest absolute Gasteiger partial charge is 0.508 e. The molecule has 0 aliphatic rings. The van der Waals surface area contributed by atoms with E-state index in [2.05, 4.69) is 0 Å². The molecule has 0 spiro atoms. The van der Waals surface area contributed by atoms with Crippen molar-refractivity contribution in [3.05, 3.63) is 29.8 Å². The summed E-state index contributed by atoms with van der Waals surface area (Å²) in [7, 11) is -3.98. The molecule has 12 heavy (non-hydrogen) atoms. The molecular weight excluding hydrogens is 180 g/mol. The lowest BCUT2D eigenvalue weighted by atomic mass is 10.2. The van der Waals surface area contributed by atoms with E-state index in [0.717, 1.165) is 0 Å². The van der Waals surface area contributed by atoms with Gasteiger partial charge < -0.3 is 14.2 Å². The molecule has 0 unspecified atom stereocenters. The van der Waals surface area contributed by atoms with Crippen LogP contribution in [0.2, 0.25) is 0 Å². The van der Waals surface area contributed by atoms with Crippen molar-refractivity contribution in [2.75, 3.05) is 0 Å². The van der Waals surface area contributed by atoms with Gasteiger partial charge in [-0.3, -0.25) is 0 Å². The van der Waals surface area contributed by atoms with Crippen LogP contribution in [0.1, 0.15) is 5.56 Å². The van der Waals surface area contributed by atoms with Gasteiger partial charge in [-0.15, -0.1) is 0 Å². The molecule has 0 radical (unpaired) electrons. The topological polar surface area (TPSA) is 77.8 Å². The molecule has 3 N–H and O–H groups in total. The molecule has 0 heterocycles. The molecule has 0 aliphatic carbocycles. The van der Waals surface area contributed by atoms with Crippen molar-refractivity contribution in [2.45, 2.75) is 5.75 Å². The molecule has 0 saturated heterocycles. The molecule has 0 amide bonds. The predicted octanol–water partition coefficient (Wildman–Crippen LogP) is 0.855. The Bertz CT molecular complexity index is 300. The predicted molar refractivity (Wildman–Crippen MR) is 46.6 cm³/mol. The summed E-state index contributed by atoms with van der Waals surface area (Å²) in [5, 5.41) is 8.86. The zero-order valence-corrected chi connectivity index (χ0v) is 7.11. The Hall–Kier alpha value is -0.910. The van der Waals surface area contributed by atoms with Crippen LogP contribution in [-0.4, -0.2) is 18.4 Å². The van der Waals surface area contributed by atoms with Crippen molar-refractivity contribution >= 4 is 10.5 Å². The maximum atomic E-state index is 10.5. The fourth-order valence-corrected chi connectivity index (χ4v) is 1.53. The van der Waals surface area contributed by atoms with Crippen LogP contribution in [0, 0.1) is 0 Å². The van der Waals surface area contributed by atoms with Crippen LogP contribution in [0.3, 0.4) is 0 Å². The van der Waals surface area contributed by atoms with E-state index in [0.29, 0.717) is 5.56 Å². The molecule has 0 aromatic heterocycles. The Morgan fingerprint density at radius 2 is 1.67 bits per heavy atom. The van der Waals surface area contributed by atoms with Gasteiger partial charge in [0.2, 0.25) is 0 Å². The second-order valence-corrected chi connectivity index (χ2v) is 4.13. The minimum absolute atomic E-state index is 0.0875. The summed E-state index contributed by atoms with van der Waals surface area (Å²) >= 11 is 0. The first-order valence-corrected chi connectivity index (χ1v) is 5.09. The third-order valence-corrected chi connectivity index (χ3v) is 2.10. The summed E-state index contributed by atoms with van der Waals surface area (Å²) in [5.41, 5.74) is 0.515. The molecule has 0 bridgehead atoms. The molecule has 1 aromatic rings. The Balaban J connectivity index is 2.78. The van der Waals surface area contributed by atoms with Gasteiger partial charge in [-0.25, -0.2) is 4.21 Å². The van der Waals surface area contributed by atoms with Crippen LogP contribution in [0.4, 0.5) is 0 Å². The van der Waals surface area contributed by atoms with Gasteiger partial charge in [-0.05, 0) is 17.7 Å². The smallest absolute Gasteiger partial charge is 0.115 e. The standard InChI is InChI=1S/C7H10O4S/c8-7-3-1-6(2-4-7)5-12(9,10)11/h1-4,8,12H,5H2,(H2,9,10,11). The maximum Gasteiger partial charge on any atom is 0.115 e. The van der Waals surface area contributed by atoms with Gasteiger partial charge in [0, 0.05) is 0 Å². The number of aromatic hydroxyl groups is 1. The lowest BCUT2D eigenvalue weighted by molar-refractivity contribution is 0.422. The van der Waals surface area contributed by atoms with Gasteiger partial charge in [-0.1, -0.05) is 12.1 Å². The highest BCUT2D eigenvalue weighted by molar-refractivity contribution is 7.91. The van der Waals surface area contributed by atoms with Gasteiger partial charge >= 0.3 is 0 Å². The number of benzene rings is 1. The van der Waals surface area contributed by atoms with Crippen LogP contribution in [0.25, 0.3) is 0 Å². The monoisotopic (exact) mass is 190 g/mol. The van der Waals surface area contributed by atoms with Crippen molar-refractivity contribution in [2.24, 2.45) is 0 Å². The fraction of sp³-hybridized carbons (Fsp3) is 0.143. The Morgan fingerprint density at radius 1 is 1.17 bits per heavy atom. The average molecular weight is 190 g/mol. The van der Waals surface area contributed by atoms with E-state index in [-0.39, 0.29) is 11.5 Å². The van der Waals surface area contributed by atoms with E-state index < -0.39 is 10.5 Å². The summed E-state index contributed by atoms with van der Waals surface area (Å²) < 4.78 is 27.7. The summed E-state index contributed by atoms with van der Waals surface area (Å²) in [6.07, 6.45) is 0. The van der Waals surface area contributed by atoms with Gasteiger partial charge in [0.1, 0.15) is 5.75 Å². The summed E-state index contributed by atoms with van der Waals surface area (Å²) in [5.74, 6) is -0.197. The quantitative estimate of drug-likeness (QED) is 0.521.